The van der Waals surface area contributed by atoms with Crippen LogP contribution in [0.1, 0.15) is 10.4 Å². The number of carbonyl (C=O) groups excluding carboxylic acids is 1. The number of aromatic nitrogens is 1. The van der Waals surface area contributed by atoms with E-state index in [4.69, 9.17) is 10.6 Å². The Morgan fingerprint density at radius 3 is 2.85 bits per heavy atom. The maximum Gasteiger partial charge on any atom is 0.258 e. The van der Waals surface area contributed by atoms with Gasteiger partial charge >= 0.3 is 0 Å². The fourth-order valence-corrected chi connectivity index (χ4v) is 1.77. The van der Waals surface area contributed by atoms with Gasteiger partial charge in [-0.05, 0) is 24.3 Å². The van der Waals surface area contributed by atoms with E-state index >= 15 is 0 Å². The molecule has 0 unspecified atom stereocenters. The lowest BCUT2D eigenvalue weighted by atomic mass is 10.2. The van der Waals surface area contributed by atoms with Gasteiger partial charge in [-0.15, -0.1) is 0 Å². The zero-order chi connectivity index (χ0) is 14.5. The van der Waals surface area contributed by atoms with Crippen molar-refractivity contribution in [1.82, 2.24) is 4.98 Å². The highest BCUT2D eigenvalue weighted by molar-refractivity contribution is 6.06. The number of hydrogen-bond donors (Lipinski definition) is 2. The molecular weight excluding hydrogens is 256 g/mol. The van der Waals surface area contributed by atoms with Crippen LogP contribution in [-0.4, -0.2) is 25.0 Å². The highest BCUT2D eigenvalue weighted by Gasteiger charge is 2.14. The lowest BCUT2D eigenvalue weighted by molar-refractivity contribution is 0.0993. The molecule has 0 spiro atoms. The van der Waals surface area contributed by atoms with Gasteiger partial charge < -0.3 is 15.1 Å². The summed E-state index contributed by atoms with van der Waals surface area (Å²) in [5.74, 6) is 6.27. The Hall–Kier alpha value is -2.60. The molecule has 1 aromatic heterocycles. The predicted molar refractivity (Wildman–Crippen MR) is 77.8 cm³/mol. The van der Waals surface area contributed by atoms with Gasteiger partial charge in [-0.2, -0.15) is 0 Å². The van der Waals surface area contributed by atoms with Crippen LogP contribution >= 0.6 is 0 Å². The van der Waals surface area contributed by atoms with Gasteiger partial charge in [0.15, 0.2) is 0 Å². The number of hydrogen-bond acceptors (Lipinski definition) is 5. The van der Waals surface area contributed by atoms with Gasteiger partial charge in [0.05, 0.1) is 7.11 Å². The van der Waals surface area contributed by atoms with Gasteiger partial charge in [0, 0.05) is 30.6 Å². The standard InChI is InChI=1S/C14H16N4O2/c1-18(11-4-3-5-12(9-11)20-2)14(19)10-6-7-16-13(8-10)17-15/h3-9H,15H2,1-2H3,(H,16,17). The number of nitrogens with one attached hydrogen (secondary N) is 1. The van der Waals surface area contributed by atoms with Crippen LogP contribution in [0.2, 0.25) is 0 Å². The number of methoxy groups -OCH3 is 1. The Labute approximate surface area is 117 Å². The third-order valence-electron chi connectivity index (χ3n) is 2.90. The summed E-state index contributed by atoms with van der Waals surface area (Å²) < 4.78 is 5.15. The average molecular weight is 272 g/mol. The van der Waals surface area contributed by atoms with Gasteiger partial charge in [-0.25, -0.2) is 10.8 Å². The summed E-state index contributed by atoms with van der Waals surface area (Å²) >= 11 is 0. The Bertz CT molecular complexity index is 616. The number of benzene rings is 1. The van der Waals surface area contributed by atoms with Crippen LogP contribution in [0.25, 0.3) is 0 Å². The van der Waals surface area contributed by atoms with Crippen molar-refractivity contribution in [2.24, 2.45) is 5.84 Å². The van der Waals surface area contributed by atoms with Gasteiger partial charge in [-0.3, -0.25) is 4.79 Å². The number of nitrogens with zero attached hydrogens (tertiary/aromatic N) is 2. The maximum atomic E-state index is 12.4. The van der Waals surface area contributed by atoms with Crippen LogP contribution in [0.5, 0.6) is 5.75 Å². The summed E-state index contributed by atoms with van der Waals surface area (Å²) in [5, 5.41) is 0. The summed E-state index contributed by atoms with van der Waals surface area (Å²) in [6.45, 7) is 0. The third-order valence-corrected chi connectivity index (χ3v) is 2.90. The number of nitrogens with two attached hydrogens (primary N) is 1. The van der Waals surface area contributed by atoms with Crippen LogP contribution in [0.4, 0.5) is 11.5 Å². The molecule has 0 atom stereocenters. The fourth-order valence-electron chi connectivity index (χ4n) is 1.77. The molecule has 0 bridgehead atoms. The Kier molecular flexibility index (Phi) is 4.17. The molecule has 0 radical (unpaired) electrons. The minimum atomic E-state index is -0.155. The minimum Gasteiger partial charge on any atom is -0.497 e. The van der Waals surface area contributed by atoms with Crippen LogP contribution < -0.4 is 20.9 Å². The third kappa shape index (κ3) is 2.86. The first-order chi connectivity index (χ1) is 9.65. The molecule has 6 nitrogen and oxygen atoms in total. The number of pyridine rings is 1. The second-order valence-electron chi connectivity index (χ2n) is 4.14. The van der Waals surface area contributed by atoms with Crippen molar-refractivity contribution >= 4 is 17.4 Å². The van der Waals surface area contributed by atoms with Crippen molar-refractivity contribution in [2.45, 2.75) is 0 Å². The van der Waals surface area contributed by atoms with E-state index in [1.165, 1.54) is 11.1 Å². The predicted octanol–water partition coefficient (Wildman–Crippen LogP) is 1.65. The van der Waals surface area contributed by atoms with E-state index in [0.29, 0.717) is 17.1 Å². The average Bonchev–Trinajstić information content (AvgIpc) is 2.53. The normalized spacial score (nSPS) is 9.95. The quantitative estimate of drug-likeness (QED) is 0.653. The summed E-state index contributed by atoms with van der Waals surface area (Å²) in [5.41, 5.74) is 3.66. The lowest BCUT2D eigenvalue weighted by Crippen LogP contribution is -2.26. The SMILES string of the molecule is COc1cccc(N(C)C(=O)c2ccnc(NN)c2)c1. The van der Waals surface area contributed by atoms with Crippen molar-refractivity contribution < 1.29 is 9.53 Å². The number of nitrogen functional groups attached to an aromatic ring is 1. The zero-order valence-electron chi connectivity index (χ0n) is 11.3. The monoisotopic (exact) mass is 272 g/mol. The van der Waals surface area contributed by atoms with Gasteiger partial charge in [0.25, 0.3) is 5.91 Å². The maximum absolute atomic E-state index is 12.4. The molecule has 1 aromatic carbocycles. The van der Waals surface area contributed by atoms with Crippen molar-refractivity contribution in [3.63, 3.8) is 0 Å². The van der Waals surface area contributed by atoms with Gasteiger partial charge in [-0.1, -0.05) is 6.07 Å². The molecule has 104 valence electrons. The highest BCUT2D eigenvalue weighted by atomic mass is 16.5. The molecule has 1 amide bonds. The van der Waals surface area contributed by atoms with E-state index in [9.17, 15) is 4.79 Å². The molecule has 6 heteroatoms. The van der Waals surface area contributed by atoms with Gasteiger partial charge in [0.2, 0.25) is 0 Å². The summed E-state index contributed by atoms with van der Waals surface area (Å²) in [6, 6.07) is 10.5. The molecule has 0 aliphatic heterocycles. The second kappa shape index (κ2) is 6.03. The van der Waals surface area contributed by atoms with Crippen molar-refractivity contribution in [2.75, 3.05) is 24.5 Å². The first-order valence-electron chi connectivity index (χ1n) is 6.00. The largest absolute Gasteiger partial charge is 0.497 e. The molecule has 20 heavy (non-hydrogen) atoms. The van der Waals surface area contributed by atoms with E-state index in [0.717, 1.165) is 5.69 Å². The summed E-state index contributed by atoms with van der Waals surface area (Å²) in [6.07, 6.45) is 1.53. The molecule has 0 saturated heterocycles. The fraction of sp³-hybridized carbons (Fsp3) is 0.143. The van der Waals surface area contributed by atoms with Crippen LogP contribution in [0, 0.1) is 0 Å². The number of carbonyl (C=O) groups is 1. The summed E-state index contributed by atoms with van der Waals surface area (Å²) in [4.78, 5) is 17.9. The van der Waals surface area contributed by atoms with Crippen molar-refractivity contribution in [3.05, 3.63) is 48.2 Å². The second-order valence-corrected chi connectivity index (χ2v) is 4.14. The Morgan fingerprint density at radius 2 is 2.15 bits per heavy atom. The first kappa shape index (κ1) is 13.8. The van der Waals surface area contributed by atoms with E-state index < -0.39 is 0 Å². The van der Waals surface area contributed by atoms with Crippen molar-refractivity contribution in [3.8, 4) is 5.75 Å². The van der Waals surface area contributed by atoms with Crippen LogP contribution in [0.3, 0.4) is 0 Å². The molecule has 0 saturated carbocycles. The topological polar surface area (TPSA) is 80.5 Å². The number of ether oxygens (including phenoxy) is 1. The minimum absolute atomic E-state index is 0.155. The lowest BCUT2D eigenvalue weighted by Gasteiger charge is -2.18. The molecule has 3 N–H and O–H groups in total. The van der Waals surface area contributed by atoms with Crippen LogP contribution in [0.15, 0.2) is 42.6 Å². The van der Waals surface area contributed by atoms with E-state index in [-0.39, 0.29) is 5.91 Å². The highest BCUT2D eigenvalue weighted by Crippen LogP contribution is 2.21. The van der Waals surface area contributed by atoms with Crippen LogP contribution in [-0.2, 0) is 0 Å². The molecule has 2 aromatic rings. The molecule has 1 heterocycles. The van der Waals surface area contributed by atoms with E-state index in [2.05, 4.69) is 10.4 Å². The molecular formula is C14H16N4O2. The molecule has 0 fully saturated rings. The molecule has 0 aliphatic rings. The van der Waals surface area contributed by atoms with E-state index in [1.807, 2.05) is 18.2 Å². The Morgan fingerprint density at radius 1 is 1.35 bits per heavy atom. The molecule has 0 aliphatic carbocycles. The number of rotatable bonds is 4. The smallest absolute Gasteiger partial charge is 0.258 e. The van der Waals surface area contributed by atoms with Gasteiger partial charge in [0.1, 0.15) is 11.6 Å². The number of anilines is 2. The summed E-state index contributed by atoms with van der Waals surface area (Å²) in [7, 11) is 3.29. The number of hydrazine groups is 1. The zero-order valence-corrected chi connectivity index (χ0v) is 11.3. The Balaban J connectivity index is 2.27. The number of amides is 1. The first-order valence-corrected chi connectivity index (χ1v) is 6.00. The van der Waals surface area contributed by atoms with E-state index in [1.54, 1.807) is 32.4 Å². The molecule has 2 rings (SSSR count). The van der Waals surface area contributed by atoms with Crippen molar-refractivity contribution in [1.29, 1.82) is 0 Å².